The first-order chi connectivity index (χ1) is 18.1. The largest absolute Gasteiger partial charge is 0.450 e. The number of carbonyl (C=O) groups is 3. The van der Waals surface area contributed by atoms with Crippen molar-refractivity contribution < 1.29 is 29.0 Å². The first-order valence-corrected chi connectivity index (χ1v) is 12.2. The lowest BCUT2D eigenvalue weighted by molar-refractivity contribution is -0.394. The number of nitro benzene ring substituents is 2. The number of ether oxygens (including phenoxy) is 1. The van der Waals surface area contributed by atoms with Gasteiger partial charge in [0.1, 0.15) is 12.3 Å². The SMILES string of the molecule is O=C(CN1C(=O)S/C(=C/c2ccc(Oc3ccc([N+](=O)[O-])cc3[N+](=O)[O-])cc2)C1=O)Nc1ccccc1Br. The summed E-state index contributed by atoms with van der Waals surface area (Å²) < 4.78 is 6.17. The lowest BCUT2D eigenvalue weighted by atomic mass is 10.2. The monoisotopic (exact) mass is 598 g/mol. The van der Waals surface area contributed by atoms with Gasteiger partial charge in [-0.15, -0.1) is 0 Å². The predicted octanol–water partition coefficient (Wildman–Crippen LogP) is 5.73. The number of anilines is 1. The van der Waals surface area contributed by atoms with Gasteiger partial charge in [-0.3, -0.25) is 39.5 Å². The Bertz CT molecular complexity index is 1510. The minimum Gasteiger partial charge on any atom is -0.450 e. The van der Waals surface area contributed by atoms with Gasteiger partial charge in [0.2, 0.25) is 11.7 Å². The Morgan fingerprint density at radius 1 is 1.03 bits per heavy atom. The number of hydrogen-bond donors (Lipinski definition) is 1. The lowest BCUT2D eigenvalue weighted by Gasteiger charge is -2.13. The number of nitro groups is 2. The molecule has 0 unspecified atom stereocenters. The summed E-state index contributed by atoms with van der Waals surface area (Å²) in [6.45, 7) is -0.454. The molecule has 1 N–H and O–H groups in total. The molecule has 12 nitrogen and oxygen atoms in total. The summed E-state index contributed by atoms with van der Waals surface area (Å²) in [4.78, 5) is 59.1. The second kappa shape index (κ2) is 11.2. The van der Waals surface area contributed by atoms with Crippen molar-refractivity contribution >= 4 is 67.9 Å². The van der Waals surface area contributed by atoms with Gasteiger partial charge in [0, 0.05) is 10.5 Å². The first kappa shape index (κ1) is 26.5. The zero-order valence-corrected chi connectivity index (χ0v) is 21.4. The summed E-state index contributed by atoms with van der Waals surface area (Å²) in [6, 6.07) is 16.0. The molecule has 0 aliphatic carbocycles. The molecule has 4 rings (SSSR count). The molecule has 0 aromatic heterocycles. The van der Waals surface area contributed by atoms with Gasteiger partial charge in [0.25, 0.3) is 16.8 Å². The van der Waals surface area contributed by atoms with Crippen LogP contribution in [0.5, 0.6) is 11.5 Å². The summed E-state index contributed by atoms with van der Waals surface area (Å²) in [7, 11) is 0. The molecule has 1 heterocycles. The van der Waals surface area contributed by atoms with Gasteiger partial charge in [-0.1, -0.05) is 24.3 Å². The maximum absolute atomic E-state index is 12.8. The van der Waals surface area contributed by atoms with Gasteiger partial charge in [0.15, 0.2) is 0 Å². The Hall–Kier alpha value is -4.56. The van der Waals surface area contributed by atoms with Gasteiger partial charge in [-0.2, -0.15) is 0 Å². The molecule has 1 fully saturated rings. The number of non-ortho nitro benzene ring substituents is 1. The van der Waals surface area contributed by atoms with Gasteiger partial charge in [-0.25, -0.2) is 0 Å². The average Bonchev–Trinajstić information content (AvgIpc) is 3.13. The van der Waals surface area contributed by atoms with E-state index in [1.807, 2.05) is 0 Å². The van der Waals surface area contributed by atoms with Crippen LogP contribution in [0.25, 0.3) is 6.08 Å². The smallest absolute Gasteiger partial charge is 0.318 e. The fraction of sp³-hybridized carbons (Fsp3) is 0.0417. The van der Waals surface area contributed by atoms with Crippen molar-refractivity contribution in [3.8, 4) is 11.5 Å². The molecule has 3 aromatic rings. The standard InChI is InChI=1S/C24H15BrN4O8S/c25-17-3-1-2-4-18(17)26-22(30)13-27-23(31)21(38-24(27)32)11-14-5-8-16(9-6-14)37-20-10-7-15(28(33)34)12-19(20)29(35)36/h1-12H,13H2,(H,26,30)/b21-11+. The fourth-order valence-corrected chi connectivity index (χ4v) is 4.51. The Labute approximate surface area is 226 Å². The number of nitrogens with one attached hydrogen (secondary N) is 1. The third-order valence-corrected chi connectivity index (χ3v) is 6.68. The maximum atomic E-state index is 12.8. The second-order valence-corrected chi connectivity index (χ2v) is 9.48. The highest BCUT2D eigenvalue weighted by Crippen LogP contribution is 2.35. The van der Waals surface area contributed by atoms with Crippen LogP contribution in [0.2, 0.25) is 0 Å². The maximum Gasteiger partial charge on any atom is 0.318 e. The summed E-state index contributed by atoms with van der Waals surface area (Å²) >= 11 is 4.00. The third-order valence-electron chi connectivity index (χ3n) is 5.08. The van der Waals surface area contributed by atoms with E-state index >= 15 is 0 Å². The van der Waals surface area contributed by atoms with Crippen molar-refractivity contribution in [2.45, 2.75) is 0 Å². The Morgan fingerprint density at radius 2 is 1.74 bits per heavy atom. The van der Waals surface area contributed by atoms with Gasteiger partial charge in [-0.05, 0) is 69.7 Å². The Balaban J connectivity index is 1.44. The molecule has 3 amide bonds. The Kier molecular flexibility index (Phi) is 7.83. The zero-order chi connectivity index (χ0) is 27.4. The molecule has 1 saturated heterocycles. The number of para-hydroxylation sites is 1. The molecule has 0 saturated carbocycles. The summed E-state index contributed by atoms with van der Waals surface area (Å²) in [5, 5.41) is 24.2. The minimum atomic E-state index is -0.786. The highest BCUT2D eigenvalue weighted by atomic mass is 79.9. The number of halogens is 1. The van der Waals surface area contributed by atoms with E-state index in [0.29, 0.717) is 27.5 Å². The molecule has 0 spiro atoms. The normalized spacial score (nSPS) is 14.0. The molecule has 0 radical (unpaired) electrons. The number of carbonyl (C=O) groups excluding carboxylic acids is 3. The van der Waals surface area contributed by atoms with E-state index in [9.17, 15) is 34.6 Å². The number of benzene rings is 3. The van der Waals surface area contributed by atoms with Crippen LogP contribution < -0.4 is 10.1 Å². The molecule has 38 heavy (non-hydrogen) atoms. The van der Waals surface area contributed by atoms with Crippen LogP contribution in [0.4, 0.5) is 21.9 Å². The van der Waals surface area contributed by atoms with E-state index in [2.05, 4.69) is 21.2 Å². The van der Waals surface area contributed by atoms with Crippen LogP contribution in [0.1, 0.15) is 5.56 Å². The summed E-state index contributed by atoms with van der Waals surface area (Å²) in [5.41, 5.74) is 0.0134. The third kappa shape index (κ3) is 6.04. The molecule has 3 aromatic carbocycles. The topological polar surface area (TPSA) is 162 Å². The van der Waals surface area contributed by atoms with Crippen LogP contribution in [-0.2, 0) is 9.59 Å². The van der Waals surface area contributed by atoms with E-state index in [1.54, 1.807) is 36.4 Å². The molecule has 192 valence electrons. The van der Waals surface area contributed by atoms with Crippen LogP contribution in [0.3, 0.4) is 0 Å². The van der Waals surface area contributed by atoms with Crippen molar-refractivity contribution in [2.75, 3.05) is 11.9 Å². The second-order valence-electron chi connectivity index (χ2n) is 7.63. The number of rotatable bonds is 8. The average molecular weight is 599 g/mol. The zero-order valence-electron chi connectivity index (χ0n) is 19.0. The van der Waals surface area contributed by atoms with E-state index in [0.717, 1.165) is 23.1 Å². The van der Waals surface area contributed by atoms with Crippen LogP contribution in [0, 0.1) is 20.2 Å². The molecule has 14 heteroatoms. The van der Waals surface area contributed by atoms with E-state index in [4.69, 9.17) is 4.74 Å². The van der Waals surface area contributed by atoms with Crippen molar-refractivity contribution in [3.05, 3.63) is 102 Å². The number of amides is 3. The van der Waals surface area contributed by atoms with Crippen LogP contribution in [-0.4, -0.2) is 38.3 Å². The first-order valence-electron chi connectivity index (χ1n) is 10.6. The Morgan fingerprint density at radius 3 is 2.39 bits per heavy atom. The molecule has 1 aliphatic rings. The molecule has 0 bridgehead atoms. The van der Waals surface area contributed by atoms with E-state index in [-0.39, 0.29) is 16.4 Å². The quantitative estimate of drug-likeness (QED) is 0.194. The van der Waals surface area contributed by atoms with Gasteiger partial charge in [0.05, 0.1) is 26.5 Å². The minimum absolute atomic E-state index is 0.114. The predicted molar refractivity (Wildman–Crippen MR) is 142 cm³/mol. The number of imide groups is 1. The van der Waals surface area contributed by atoms with Crippen molar-refractivity contribution in [3.63, 3.8) is 0 Å². The molecule has 1 aliphatic heterocycles. The highest BCUT2D eigenvalue weighted by molar-refractivity contribution is 9.10. The number of hydrogen-bond acceptors (Lipinski definition) is 9. The fourth-order valence-electron chi connectivity index (χ4n) is 3.29. The van der Waals surface area contributed by atoms with Crippen molar-refractivity contribution in [1.82, 2.24) is 4.90 Å². The van der Waals surface area contributed by atoms with E-state index < -0.39 is 44.8 Å². The van der Waals surface area contributed by atoms with Crippen LogP contribution >= 0.6 is 27.7 Å². The van der Waals surface area contributed by atoms with Crippen LogP contribution in [0.15, 0.2) is 76.1 Å². The van der Waals surface area contributed by atoms with E-state index in [1.165, 1.54) is 18.2 Å². The molecular formula is C24H15BrN4O8S. The molecular weight excluding hydrogens is 584 g/mol. The lowest BCUT2D eigenvalue weighted by Crippen LogP contribution is -2.36. The number of nitrogens with zero attached hydrogens (tertiary/aromatic N) is 3. The van der Waals surface area contributed by atoms with Crippen molar-refractivity contribution in [1.29, 1.82) is 0 Å². The summed E-state index contributed by atoms with van der Waals surface area (Å²) in [6.07, 6.45) is 1.47. The summed E-state index contributed by atoms with van der Waals surface area (Å²) in [5.74, 6) is -1.14. The van der Waals surface area contributed by atoms with Crippen molar-refractivity contribution in [2.24, 2.45) is 0 Å². The number of thioether (sulfide) groups is 1. The van der Waals surface area contributed by atoms with Gasteiger partial charge >= 0.3 is 5.69 Å². The highest BCUT2D eigenvalue weighted by Gasteiger charge is 2.36. The van der Waals surface area contributed by atoms with Gasteiger partial charge < -0.3 is 10.1 Å². The molecule has 0 atom stereocenters.